The molecule has 1 atom stereocenters. The fourth-order valence-corrected chi connectivity index (χ4v) is 4.86. The maximum absolute atomic E-state index is 12.6. The van der Waals surface area contributed by atoms with Gasteiger partial charge in [-0.3, -0.25) is 9.59 Å². The van der Waals surface area contributed by atoms with Gasteiger partial charge in [0.1, 0.15) is 15.5 Å². The number of carbonyl (C=O) groups is 1. The summed E-state index contributed by atoms with van der Waals surface area (Å²) in [5.41, 5.74) is 0.795. The van der Waals surface area contributed by atoms with Gasteiger partial charge in [0.15, 0.2) is 5.16 Å². The Morgan fingerprint density at radius 3 is 2.72 bits per heavy atom. The molecule has 154 valence electrons. The van der Waals surface area contributed by atoms with E-state index in [1.807, 2.05) is 13.8 Å². The van der Waals surface area contributed by atoms with Gasteiger partial charge in [-0.2, -0.15) is 0 Å². The molecule has 0 spiro atoms. The highest BCUT2D eigenvalue weighted by Gasteiger charge is 2.22. The molecule has 0 saturated heterocycles. The van der Waals surface area contributed by atoms with Gasteiger partial charge < -0.3 is 14.7 Å². The molecule has 0 fully saturated rings. The molecule has 0 saturated carbocycles. The molecule has 3 heterocycles. The van der Waals surface area contributed by atoms with E-state index in [4.69, 9.17) is 4.74 Å². The summed E-state index contributed by atoms with van der Waals surface area (Å²) in [4.78, 5) is 52.0. The SMILES string of the molecule is CCCc1cc(=O)[nH]c(S[C@@H](C)c2nc3sc(C(=O)OCC)c(C)c3c(=O)[nH]2)n1. The van der Waals surface area contributed by atoms with Gasteiger partial charge in [-0.25, -0.2) is 14.8 Å². The molecule has 0 amide bonds. The average molecular weight is 435 g/mol. The topological polar surface area (TPSA) is 118 Å². The number of hydrogen-bond acceptors (Lipinski definition) is 8. The van der Waals surface area contributed by atoms with Crippen LogP contribution in [0.1, 0.15) is 59.2 Å². The number of fused-ring (bicyclic) bond motifs is 1. The summed E-state index contributed by atoms with van der Waals surface area (Å²) in [5.74, 6) is -0.00131. The summed E-state index contributed by atoms with van der Waals surface area (Å²) in [6.45, 7) is 7.60. The minimum atomic E-state index is -0.453. The van der Waals surface area contributed by atoms with Gasteiger partial charge in [-0.1, -0.05) is 25.1 Å². The first kappa shape index (κ1) is 21.3. The highest BCUT2D eigenvalue weighted by molar-refractivity contribution is 7.99. The van der Waals surface area contributed by atoms with Crippen molar-refractivity contribution in [3.05, 3.63) is 48.7 Å². The molecule has 0 aromatic carbocycles. The standard InChI is InChI=1S/C19H22N4O4S2/c1-5-7-11-8-12(24)21-19(20-11)28-10(4)15-22-16(25)13-9(3)14(18(26)27-6-2)29-17(13)23-15/h8,10H,5-7H2,1-4H3,(H,20,21,24)(H,22,23,25)/t10-/m0/s1. The smallest absolute Gasteiger partial charge is 0.348 e. The summed E-state index contributed by atoms with van der Waals surface area (Å²) in [6.07, 6.45) is 1.61. The lowest BCUT2D eigenvalue weighted by atomic mass is 10.2. The minimum Gasteiger partial charge on any atom is -0.462 e. The van der Waals surface area contributed by atoms with E-state index in [1.165, 1.54) is 17.8 Å². The van der Waals surface area contributed by atoms with Crippen LogP contribution in [0, 0.1) is 6.92 Å². The second-order valence-corrected chi connectivity index (χ2v) is 8.79. The third-order valence-corrected chi connectivity index (χ3v) is 6.39. The van der Waals surface area contributed by atoms with Gasteiger partial charge in [0.2, 0.25) is 0 Å². The first-order valence-corrected chi connectivity index (χ1v) is 11.0. The molecule has 0 aliphatic carbocycles. The van der Waals surface area contributed by atoms with Gasteiger partial charge in [-0.15, -0.1) is 11.3 Å². The van der Waals surface area contributed by atoms with E-state index in [9.17, 15) is 14.4 Å². The van der Waals surface area contributed by atoms with Crippen LogP contribution in [0.5, 0.6) is 0 Å². The molecule has 3 aromatic heterocycles. The first-order valence-electron chi connectivity index (χ1n) is 9.31. The average Bonchev–Trinajstić information content (AvgIpc) is 2.99. The van der Waals surface area contributed by atoms with Crippen LogP contribution in [0.3, 0.4) is 0 Å². The molecule has 8 nitrogen and oxygen atoms in total. The summed E-state index contributed by atoms with van der Waals surface area (Å²) >= 11 is 2.45. The molecule has 2 N–H and O–H groups in total. The van der Waals surface area contributed by atoms with Crippen molar-refractivity contribution in [1.82, 2.24) is 19.9 Å². The lowest BCUT2D eigenvalue weighted by Gasteiger charge is -2.10. The summed E-state index contributed by atoms with van der Waals surface area (Å²) in [7, 11) is 0. The van der Waals surface area contributed by atoms with Crippen molar-refractivity contribution in [2.75, 3.05) is 6.61 Å². The zero-order valence-corrected chi connectivity index (χ0v) is 18.3. The van der Waals surface area contributed by atoms with Crippen LogP contribution in [0.2, 0.25) is 0 Å². The molecule has 3 rings (SSSR count). The maximum atomic E-state index is 12.6. The van der Waals surface area contributed by atoms with E-state index in [0.29, 0.717) is 31.6 Å². The van der Waals surface area contributed by atoms with Crippen molar-refractivity contribution < 1.29 is 9.53 Å². The zero-order valence-electron chi connectivity index (χ0n) is 16.6. The monoisotopic (exact) mass is 434 g/mol. The Morgan fingerprint density at radius 2 is 2.03 bits per heavy atom. The van der Waals surface area contributed by atoms with Crippen molar-refractivity contribution in [3.8, 4) is 0 Å². The number of rotatable bonds is 7. The second-order valence-electron chi connectivity index (χ2n) is 6.46. The lowest BCUT2D eigenvalue weighted by Crippen LogP contribution is -2.14. The van der Waals surface area contributed by atoms with Crippen molar-refractivity contribution >= 4 is 39.3 Å². The van der Waals surface area contributed by atoms with Crippen molar-refractivity contribution in [1.29, 1.82) is 0 Å². The number of nitrogens with zero attached hydrogens (tertiary/aromatic N) is 2. The predicted octanol–water partition coefficient (Wildman–Crippen LogP) is 3.36. The van der Waals surface area contributed by atoms with Gasteiger partial charge in [0, 0.05) is 11.8 Å². The molecule has 0 bridgehead atoms. The molecular formula is C19H22N4O4S2. The van der Waals surface area contributed by atoms with E-state index in [2.05, 4.69) is 19.9 Å². The second kappa shape index (κ2) is 8.91. The number of hydrogen-bond donors (Lipinski definition) is 2. The molecule has 0 unspecified atom stereocenters. The number of nitrogens with one attached hydrogen (secondary N) is 2. The Hall–Kier alpha value is -2.46. The van der Waals surface area contributed by atoms with E-state index in [0.717, 1.165) is 29.9 Å². The number of thioether (sulfide) groups is 1. The quantitative estimate of drug-likeness (QED) is 0.332. The van der Waals surface area contributed by atoms with Crippen LogP contribution in [0.4, 0.5) is 0 Å². The van der Waals surface area contributed by atoms with Gasteiger partial charge in [0.25, 0.3) is 11.1 Å². The third kappa shape index (κ3) is 4.59. The number of carbonyl (C=O) groups excluding carboxylic acids is 1. The summed E-state index contributed by atoms with van der Waals surface area (Å²) in [5, 5.41) is 0.613. The van der Waals surface area contributed by atoms with Crippen LogP contribution >= 0.6 is 23.1 Å². The Bertz CT molecular complexity index is 1170. The molecule has 0 aliphatic rings. The van der Waals surface area contributed by atoms with Gasteiger partial charge >= 0.3 is 5.97 Å². The van der Waals surface area contributed by atoms with Crippen molar-refractivity contribution in [2.24, 2.45) is 0 Å². The third-order valence-electron chi connectivity index (χ3n) is 4.23. The number of H-pyrrole nitrogens is 2. The van der Waals surface area contributed by atoms with Crippen LogP contribution in [-0.4, -0.2) is 32.5 Å². The van der Waals surface area contributed by atoms with Crippen molar-refractivity contribution in [3.63, 3.8) is 0 Å². The maximum Gasteiger partial charge on any atom is 0.348 e. The lowest BCUT2D eigenvalue weighted by molar-refractivity contribution is 0.0531. The molecule has 0 aliphatic heterocycles. The van der Waals surface area contributed by atoms with Crippen molar-refractivity contribution in [2.45, 2.75) is 50.9 Å². The van der Waals surface area contributed by atoms with Gasteiger partial charge in [0.05, 0.1) is 17.2 Å². The van der Waals surface area contributed by atoms with Crippen LogP contribution in [0.15, 0.2) is 20.8 Å². The van der Waals surface area contributed by atoms with E-state index in [-0.39, 0.29) is 23.0 Å². The predicted molar refractivity (Wildman–Crippen MR) is 114 cm³/mol. The fourth-order valence-electron chi connectivity index (χ4n) is 2.89. The first-order chi connectivity index (χ1) is 13.8. The molecular weight excluding hydrogens is 412 g/mol. The number of aryl methyl sites for hydroxylation is 2. The Morgan fingerprint density at radius 1 is 1.28 bits per heavy atom. The van der Waals surface area contributed by atoms with Crippen LogP contribution < -0.4 is 11.1 Å². The highest BCUT2D eigenvalue weighted by atomic mass is 32.2. The van der Waals surface area contributed by atoms with E-state index in [1.54, 1.807) is 13.8 Å². The summed E-state index contributed by atoms with van der Waals surface area (Å²) < 4.78 is 5.06. The largest absolute Gasteiger partial charge is 0.462 e. The highest BCUT2D eigenvalue weighted by Crippen LogP contribution is 2.33. The number of aromatic amines is 2. The number of aromatic nitrogens is 4. The van der Waals surface area contributed by atoms with Crippen LogP contribution in [0.25, 0.3) is 10.2 Å². The van der Waals surface area contributed by atoms with E-state index < -0.39 is 5.97 Å². The normalized spacial score (nSPS) is 12.3. The Kier molecular flexibility index (Phi) is 6.53. The molecule has 29 heavy (non-hydrogen) atoms. The number of esters is 1. The zero-order chi connectivity index (χ0) is 21.1. The van der Waals surface area contributed by atoms with Crippen LogP contribution in [-0.2, 0) is 11.2 Å². The molecule has 3 aromatic rings. The number of thiophene rings is 1. The fraction of sp³-hybridized carbons (Fsp3) is 0.421. The number of ether oxygens (including phenoxy) is 1. The Labute approximate surface area is 175 Å². The minimum absolute atomic E-state index is 0.206. The molecule has 10 heteroatoms. The summed E-state index contributed by atoms with van der Waals surface area (Å²) in [6, 6.07) is 1.50. The molecule has 0 radical (unpaired) electrons. The van der Waals surface area contributed by atoms with Gasteiger partial charge in [-0.05, 0) is 32.8 Å². The van der Waals surface area contributed by atoms with E-state index >= 15 is 0 Å². The Balaban J connectivity index is 1.95.